The van der Waals surface area contributed by atoms with Gasteiger partial charge in [-0.3, -0.25) is 9.88 Å². The van der Waals surface area contributed by atoms with Crippen LogP contribution in [-0.2, 0) is 16.1 Å². The Morgan fingerprint density at radius 2 is 2.21 bits per heavy atom. The van der Waals surface area contributed by atoms with Crippen molar-refractivity contribution in [1.82, 2.24) is 14.9 Å². The van der Waals surface area contributed by atoms with Crippen molar-refractivity contribution in [2.45, 2.75) is 32.4 Å². The molecule has 2 aromatic heterocycles. The first-order valence-corrected chi connectivity index (χ1v) is 9.90. The lowest BCUT2D eigenvalue weighted by Gasteiger charge is -2.32. The largest absolute Gasteiger partial charge is 0.463 e. The highest BCUT2D eigenvalue weighted by Gasteiger charge is 2.20. The molecule has 1 fully saturated rings. The Bertz CT molecular complexity index is 805. The van der Waals surface area contributed by atoms with Gasteiger partial charge in [0.1, 0.15) is 5.82 Å². The van der Waals surface area contributed by atoms with E-state index in [4.69, 9.17) is 16.3 Å². The molecule has 0 saturated carbocycles. The van der Waals surface area contributed by atoms with E-state index in [1.54, 1.807) is 31.5 Å². The first kappa shape index (κ1) is 20.3. The predicted octanol–water partition coefficient (Wildman–Crippen LogP) is 3.78. The van der Waals surface area contributed by atoms with Gasteiger partial charge < -0.3 is 10.1 Å². The number of ether oxygens (including phenoxy) is 1. The zero-order valence-electron chi connectivity index (χ0n) is 16.0. The lowest BCUT2D eigenvalue weighted by molar-refractivity contribution is -0.137. The molecule has 1 N–H and O–H groups in total. The molecular formula is C21H25ClN4O2. The van der Waals surface area contributed by atoms with E-state index >= 15 is 0 Å². The summed E-state index contributed by atoms with van der Waals surface area (Å²) in [6.45, 7) is 5.09. The van der Waals surface area contributed by atoms with Gasteiger partial charge >= 0.3 is 5.97 Å². The number of rotatable bonds is 7. The summed E-state index contributed by atoms with van der Waals surface area (Å²) in [5.41, 5.74) is 2.00. The van der Waals surface area contributed by atoms with Gasteiger partial charge in [-0.15, -0.1) is 0 Å². The maximum atomic E-state index is 11.4. The molecule has 0 aliphatic carbocycles. The van der Waals surface area contributed by atoms with Crippen molar-refractivity contribution in [3.05, 3.63) is 59.0 Å². The summed E-state index contributed by atoms with van der Waals surface area (Å²) in [4.78, 5) is 22.4. The van der Waals surface area contributed by atoms with Gasteiger partial charge in [0.15, 0.2) is 0 Å². The number of pyridine rings is 2. The maximum Gasteiger partial charge on any atom is 0.330 e. The zero-order chi connectivity index (χ0) is 19.8. The first-order chi connectivity index (χ1) is 13.6. The van der Waals surface area contributed by atoms with Crippen LogP contribution in [0.25, 0.3) is 6.08 Å². The molecule has 3 heterocycles. The summed E-state index contributed by atoms with van der Waals surface area (Å²) in [5, 5.41) is 3.99. The highest BCUT2D eigenvalue weighted by Crippen LogP contribution is 2.24. The number of hydrogen-bond acceptors (Lipinski definition) is 6. The second kappa shape index (κ2) is 10.2. The quantitative estimate of drug-likeness (QED) is 0.563. The third-order valence-electron chi connectivity index (χ3n) is 4.62. The van der Waals surface area contributed by atoms with E-state index in [0.29, 0.717) is 23.5 Å². The second-order valence-corrected chi connectivity index (χ2v) is 7.15. The van der Waals surface area contributed by atoms with Crippen LogP contribution in [-0.4, -0.2) is 46.6 Å². The molecule has 0 amide bonds. The number of halogens is 1. The molecule has 0 bridgehead atoms. The van der Waals surface area contributed by atoms with Crippen LogP contribution in [0.4, 0.5) is 5.82 Å². The third-order valence-corrected chi connectivity index (χ3v) is 4.91. The molecule has 1 aliphatic rings. The number of anilines is 1. The smallest absolute Gasteiger partial charge is 0.330 e. The Balaban J connectivity index is 1.50. The lowest BCUT2D eigenvalue weighted by atomic mass is 10.0. The molecule has 1 saturated heterocycles. The first-order valence-electron chi connectivity index (χ1n) is 9.52. The number of nitrogens with one attached hydrogen (secondary N) is 1. The van der Waals surface area contributed by atoms with Gasteiger partial charge in [-0.1, -0.05) is 17.7 Å². The van der Waals surface area contributed by atoms with Crippen molar-refractivity contribution in [2.24, 2.45) is 0 Å². The number of carbonyl (C=O) groups is 1. The Kier molecular flexibility index (Phi) is 7.39. The topological polar surface area (TPSA) is 67.3 Å². The maximum absolute atomic E-state index is 11.4. The van der Waals surface area contributed by atoms with Crippen LogP contribution in [0.1, 0.15) is 30.9 Å². The third kappa shape index (κ3) is 6.04. The van der Waals surface area contributed by atoms with Crippen LogP contribution in [0.5, 0.6) is 0 Å². The monoisotopic (exact) mass is 400 g/mol. The van der Waals surface area contributed by atoms with Crippen molar-refractivity contribution < 1.29 is 9.53 Å². The molecule has 148 valence electrons. The summed E-state index contributed by atoms with van der Waals surface area (Å²) in [5.74, 6) is 0.305. The van der Waals surface area contributed by atoms with E-state index < -0.39 is 0 Å². The van der Waals surface area contributed by atoms with E-state index in [1.807, 2.05) is 12.3 Å². The normalized spacial score (nSPS) is 15.6. The second-order valence-electron chi connectivity index (χ2n) is 6.74. The molecule has 7 heteroatoms. The molecule has 0 radical (unpaired) electrons. The minimum Gasteiger partial charge on any atom is -0.463 e. The molecular weight excluding hydrogens is 376 g/mol. The molecule has 6 nitrogen and oxygen atoms in total. The Hall–Kier alpha value is -2.44. The molecule has 2 aromatic rings. The van der Waals surface area contributed by atoms with Crippen molar-refractivity contribution in [3.8, 4) is 0 Å². The Labute approximate surface area is 170 Å². The van der Waals surface area contributed by atoms with Crippen molar-refractivity contribution in [3.63, 3.8) is 0 Å². The highest BCUT2D eigenvalue weighted by atomic mass is 35.5. The van der Waals surface area contributed by atoms with Crippen LogP contribution < -0.4 is 5.32 Å². The van der Waals surface area contributed by atoms with Gasteiger partial charge in [-0.25, -0.2) is 9.78 Å². The number of piperidine rings is 1. The number of esters is 1. The molecule has 28 heavy (non-hydrogen) atoms. The summed E-state index contributed by atoms with van der Waals surface area (Å²) in [6, 6.07) is 6.22. The minimum absolute atomic E-state index is 0.344. The van der Waals surface area contributed by atoms with Crippen molar-refractivity contribution >= 4 is 29.5 Å². The van der Waals surface area contributed by atoms with E-state index in [2.05, 4.69) is 26.3 Å². The van der Waals surface area contributed by atoms with E-state index in [9.17, 15) is 4.79 Å². The number of nitrogens with zero attached hydrogens (tertiary/aromatic N) is 3. The summed E-state index contributed by atoms with van der Waals surface area (Å²) in [7, 11) is 0. The van der Waals surface area contributed by atoms with Gasteiger partial charge in [0.25, 0.3) is 0 Å². The fourth-order valence-electron chi connectivity index (χ4n) is 3.18. The lowest BCUT2D eigenvalue weighted by Crippen LogP contribution is -2.38. The minimum atomic E-state index is -0.376. The highest BCUT2D eigenvalue weighted by molar-refractivity contribution is 6.33. The van der Waals surface area contributed by atoms with Crippen LogP contribution in [0.3, 0.4) is 0 Å². The van der Waals surface area contributed by atoms with E-state index in [-0.39, 0.29) is 5.97 Å². The van der Waals surface area contributed by atoms with Crippen LogP contribution in [0.15, 0.2) is 42.9 Å². The average Bonchev–Trinajstić information content (AvgIpc) is 2.71. The van der Waals surface area contributed by atoms with E-state index in [0.717, 1.165) is 38.0 Å². The van der Waals surface area contributed by atoms with Crippen LogP contribution >= 0.6 is 11.6 Å². The molecule has 3 rings (SSSR count). The van der Waals surface area contributed by atoms with Crippen LogP contribution in [0, 0.1) is 0 Å². The van der Waals surface area contributed by atoms with Crippen molar-refractivity contribution in [1.29, 1.82) is 0 Å². The summed E-state index contributed by atoms with van der Waals surface area (Å²) >= 11 is 6.37. The number of likely N-dealkylation sites (tertiary alicyclic amines) is 1. The SMILES string of the molecule is CCOC(=O)/C=C/c1cnc(NC2CCN(Cc3cccnc3)CC2)c(Cl)c1. The van der Waals surface area contributed by atoms with Gasteiger partial charge in [-0.2, -0.15) is 0 Å². The fourth-order valence-corrected chi connectivity index (χ4v) is 3.41. The fraction of sp³-hybridized carbons (Fsp3) is 0.381. The van der Waals surface area contributed by atoms with Gasteiger partial charge in [0.2, 0.25) is 0 Å². The predicted molar refractivity (Wildman–Crippen MR) is 111 cm³/mol. The Morgan fingerprint density at radius 3 is 2.89 bits per heavy atom. The Morgan fingerprint density at radius 1 is 1.39 bits per heavy atom. The zero-order valence-corrected chi connectivity index (χ0v) is 16.7. The average molecular weight is 401 g/mol. The van der Waals surface area contributed by atoms with E-state index in [1.165, 1.54) is 11.6 Å². The molecule has 0 unspecified atom stereocenters. The number of aromatic nitrogens is 2. The van der Waals surface area contributed by atoms with Crippen molar-refractivity contribution in [2.75, 3.05) is 25.0 Å². The standard InChI is InChI=1S/C21H25ClN4O2/c1-2-28-20(27)6-5-16-12-19(22)21(24-14-16)25-18-7-10-26(11-8-18)15-17-4-3-9-23-13-17/h3-6,9,12-14,18H,2,7-8,10-11,15H2,1H3,(H,24,25)/b6-5+. The number of carbonyl (C=O) groups excluding carboxylic acids is 1. The summed E-state index contributed by atoms with van der Waals surface area (Å²) < 4.78 is 4.87. The summed E-state index contributed by atoms with van der Waals surface area (Å²) in [6.07, 6.45) is 10.5. The van der Waals surface area contributed by atoms with Gasteiger partial charge in [0.05, 0.1) is 11.6 Å². The molecule has 0 atom stereocenters. The molecule has 1 aliphatic heterocycles. The van der Waals surface area contributed by atoms with Gasteiger partial charge in [-0.05, 0) is 49.1 Å². The molecule has 0 aromatic carbocycles. The number of hydrogen-bond donors (Lipinski definition) is 1. The van der Waals surface area contributed by atoms with Gasteiger partial charge in [0, 0.05) is 50.3 Å². The van der Waals surface area contributed by atoms with Crippen LogP contribution in [0.2, 0.25) is 5.02 Å². The molecule has 0 spiro atoms.